The monoisotopic (exact) mass is 621 g/mol. The molecule has 0 saturated heterocycles. The fraction of sp³-hybridized carbons (Fsp3) is 0.152. The van der Waals surface area contributed by atoms with E-state index in [-0.39, 0.29) is 5.91 Å². The molecule has 4 N–H and O–H groups in total. The summed E-state index contributed by atoms with van der Waals surface area (Å²) in [7, 11) is 0. The quantitative estimate of drug-likeness (QED) is 0.139. The predicted octanol–water partition coefficient (Wildman–Crippen LogP) is 7.50. The van der Waals surface area contributed by atoms with Gasteiger partial charge in [0.05, 0.1) is 26.8 Å². The van der Waals surface area contributed by atoms with Gasteiger partial charge in [0.15, 0.2) is 0 Å². The minimum Gasteiger partial charge on any atom is -0.444 e. The van der Waals surface area contributed by atoms with Crippen LogP contribution in [0.2, 0.25) is 0 Å². The Balaban J connectivity index is 1.24. The molecule has 0 radical (unpaired) electrons. The molecule has 5 aromatic rings. The van der Waals surface area contributed by atoms with E-state index in [9.17, 15) is 14.4 Å². The van der Waals surface area contributed by atoms with E-state index < -0.39 is 17.6 Å². The SMILES string of the molecule is Cc1ccc(NC(=O)c2ccc(C(=O)Nc3ccccc3NC(=O)OC(C)(C)C)s2)cc1Nc1nccc(-c2cccnc2)n1. The Morgan fingerprint density at radius 1 is 0.778 bits per heavy atom. The first-order valence-electron chi connectivity index (χ1n) is 14.0. The van der Waals surface area contributed by atoms with Crippen molar-refractivity contribution in [2.45, 2.75) is 33.3 Å². The van der Waals surface area contributed by atoms with Crippen molar-refractivity contribution in [1.82, 2.24) is 15.0 Å². The van der Waals surface area contributed by atoms with Crippen molar-refractivity contribution in [2.75, 3.05) is 21.3 Å². The van der Waals surface area contributed by atoms with Crippen LogP contribution in [-0.4, -0.2) is 38.5 Å². The molecule has 0 aliphatic rings. The minimum absolute atomic E-state index is 0.323. The highest BCUT2D eigenvalue weighted by molar-refractivity contribution is 7.16. The van der Waals surface area contributed by atoms with Crippen molar-refractivity contribution in [3.8, 4) is 11.3 Å². The number of pyridine rings is 1. The number of carbonyl (C=O) groups is 3. The van der Waals surface area contributed by atoms with Gasteiger partial charge >= 0.3 is 6.09 Å². The number of aryl methyl sites for hydroxylation is 1. The van der Waals surface area contributed by atoms with E-state index in [4.69, 9.17) is 4.74 Å². The van der Waals surface area contributed by atoms with Crippen LogP contribution in [0, 0.1) is 6.92 Å². The van der Waals surface area contributed by atoms with Gasteiger partial charge in [-0.15, -0.1) is 11.3 Å². The highest BCUT2D eigenvalue weighted by Crippen LogP contribution is 2.27. The normalized spacial score (nSPS) is 10.9. The van der Waals surface area contributed by atoms with Crippen molar-refractivity contribution in [1.29, 1.82) is 0 Å². The van der Waals surface area contributed by atoms with Crippen molar-refractivity contribution in [2.24, 2.45) is 0 Å². The summed E-state index contributed by atoms with van der Waals surface area (Å²) in [5, 5.41) is 11.6. The number of ether oxygens (including phenoxy) is 1. The lowest BCUT2D eigenvalue weighted by Gasteiger charge is -2.20. The van der Waals surface area contributed by atoms with Gasteiger partial charge in [-0.05, 0) is 87.9 Å². The molecular formula is C33H31N7O4S. The molecule has 0 aliphatic carbocycles. The van der Waals surface area contributed by atoms with Crippen LogP contribution in [0.4, 0.5) is 33.5 Å². The number of thiophene rings is 1. The number of para-hydroxylation sites is 2. The molecule has 11 nitrogen and oxygen atoms in total. The molecular weight excluding hydrogens is 590 g/mol. The Hall–Kier alpha value is -5.62. The van der Waals surface area contributed by atoms with Crippen molar-refractivity contribution < 1.29 is 19.1 Å². The lowest BCUT2D eigenvalue weighted by Crippen LogP contribution is -2.27. The summed E-state index contributed by atoms with van der Waals surface area (Å²) in [6.45, 7) is 7.22. The van der Waals surface area contributed by atoms with Crippen LogP contribution in [0.1, 0.15) is 45.7 Å². The zero-order chi connectivity index (χ0) is 32.0. The molecule has 228 valence electrons. The molecule has 0 unspecified atom stereocenters. The largest absolute Gasteiger partial charge is 0.444 e. The maximum atomic E-state index is 13.1. The van der Waals surface area contributed by atoms with Crippen LogP contribution in [0.5, 0.6) is 0 Å². The second-order valence-corrected chi connectivity index (χ2v) is 12.0. The third-order valence-electron chi connectivity index (χ3n) is 6.22. The standard InChI is InChI=1S/C33H31N7O4S/c1-20-11-12-22(18-26(20)39-31-35-17-15-23(38-31)21-8-7-16-34-19-21)36-29(41)27-13-14-28(45-27)30(42)37-24-9-5-6-10-25(24)40-32(43)44-33(2,3)4/h5-19H,1-4H3,(H,36,41)(H,37,42)(H,40,43)(H,35,38,39). The summed E-state index contributed by atoms with van der Waals surface area (Å²) in [5.41, 5.74) is 3.90. The number of anilines is 5. The molecule has 3 amide bonds. The van der Waals surface area contributed by atoms with Crippen molar-refractivity contribution >= 4 is 57.9 Å². The zero-order valence-corrected chi connectivity index (χ0v) is 25.9. The van der Waals surface area contributed by atoms with Gasteiger partial charge in [0.2, 0.25) is 5.95 Å². The number of carbonyl (C=O) groups excluding carboxylic acids is 3. The van der Waals surface area contributed by atoms with Gasteiger partial charge in [-0.1, -0.05) is 18.2 Å². The van der Waals surface area contributed by atoms with E-state index in [2.05, 4.69) is 36.2 Å². The van der Waals surface area contributed by atoms with Crippen LogP contribution >= 0.6 is 11.3 Å². The van der Waals surface area contributed by atoms with Gasteiger partial charge in [-0.25, -0.2) is 14.8 Å². The highest BCUT2D eigenvalue weighted by Gasteiger charge is 2.19. The summed E-state index contributed by atoms with van der Waals surface area (Å²) in [5.74, 6) is -0.386. The fourth-order valence-corrected chi connectivity index (χ4v) is 4.92. The number of nitrogens with zero attached hydrogens (tertiary/aromatic N) is 3. The van der Waals surface area contributed by atoms with Crippen LogP contribution in [0.15, 0.2) is 91.4 Å². The van der Waals surface area contributed by atoms with Gasteiger partial charge in [-0.2, -0.15) is 0 Å². The van der Waals surface area contributed by atoms with Crippen LogP contribution < -0.4 is 21.3 Å². The molecule has 0 spiro atoms. The molecule has 0 bridgehead atoms. The first-order valence-corrected chi connectivity index (χ1v) is 14.8. The zero-order valence-electron chi connectivity index (χ0n) is 25.0. The lowest BCUT2D eigenvalue weighted by atomic mass is 10.1. The molecule has 3 aromatic heterocycles. The van der Waals surface area contributed by atoms with E-state index >= 15 is 0 Å². The summed E-state index contributed by atoms with van der Waals surface area (Å²) in [4.78, 5) is 52.2. The predicted molar refractivity (Wildman–Crippen MR) is 176 cm³/mol. The Morgan fingerprint density at radius 2 is 1.49 bits per heavy atom. The number of amides is 3. The van der Waals surface area contributed by atoms with E-state index in [1.807, 2.05) is 25.1 Å². The Kier molecular flexibility index (Phi) is 9.14. The van der Waals surface area contributed by atoms with Crippen LogP contribution in [0.25, 0.3) is 11.3 Å². The molecule has 2 aromatic carbocycles. The van der Waals surface area contributed by atoms with E-state index in [0.29, 0.717) is 32.8 Å². The molecule has 3 heterocycles. The Labute approximate surface area is 264 Å². The van der Waals surface area contributed by atoms with Gasteiger partial charge in [0.25, 0.3) is 11.8 Å². The molecule has 5 rings (SSSR count). The summed E-state index contributed by atoms with van der Waals surface area (Å²) in [6, 6.07) is 21.0. The Bertz CT molecular complexity index is 1850. The lowest BCUT2D eigenvalue weighted by molar-refractivity contribution is 0.0635. The van der Waals surface area contributed by atoms with E-state index in [1.165, 1.54) is 0 Å². The number of nitrogens with one attached hydrogen (secondary N) is 4. The first-order chi connectivity index (χ1) is 21.5. The van der Waals surface area contributed by atoms with Gasteiger partial charge in [-0.3, -0.25) is 19.9 Å². The number of aromatic nitrogens is 3. The van der Waals surface area contributed by atoms with Crippen LogP contribution in [-0.2, 0) is 4.74 Å². The average molecular weight is 622 g/mol. The van der Waals surface area contributed by atoms with Crippen molar-refractivity contribution in [3.05, 3.63) is 107 Å². The fourth-order valence-electron chi connectivity index (χ4n) is 4.12. The summed E-state index contributed by atoms with van der Waals surface area (Å²) < 4.78 is 5.31. The van der Waals surface area contributed by atoms with E-state index in [0.717, 1.165) is 33.8 Å². The summed E-state index contributed by atoms with van der Waals surface area (Å²) >= 11 is 1.05. The molecule has 12 heteroatoms. The van der Waals surface area contributed by atoms with Gasteiger partial charge < -0.3 is 20.7 Å². The first kappa shape index (κ1) is 30.8. The molecule has 0 saturated carbocycles. The Morgan fingerprint density at radius 3 is 2.18 bits per heavy atom. The number of benzene rings is 2. The maximum Gasteiger partial charge on any atom is 0.412 e. The maximum absolute atomic E-state index is 13.1. The summed E-state index contributed by atoms with van der Waals surface area (Å²) in [6.07, 6.45) is 4.46. The average Bonchev–Trinajstić information content (AvgIpc) is 3.51. The van der Waals surface area contributed by atoms with E-state index in [1.54, 1.807) is 94.0 Å². The van der Waals surface area contributed by atoms with Gasteiger partial charge in [0, 0.05) is 35.5 Å². The minimum atomic E-state index is -0.673. The molecule has 0 atom stereocenters. The third kappa shape index (κ3) is 8.27. The molecule has 0 aliphatic heterocycles. The second kappa shape index (κ2) is 13.3. The molecule has 0 fully saturated rings. The van der Waals surface area contributed by atoms with Crippen LogP contribution in [0.3, 0.4) is 0 Å². The molecule has 45 heavy (non-hydrogen) atoms. The van der Waals surface area contributed by atoms with Gasteiger partial charge in [0.1, 0.15) is 5.60 Å². The number of hydrogen-bond acceptors (Lipinski definition) is 9. The van der Waals surface area contributed by atoms with Crippen molar-refractivity contribution in [3.63, 3.8) is 0 Å². The third-order valence-corrected chi connectivity index (χ3v) is 7.30. The second-order valence-electron chi connectivity index (χ2n) is 10.9. The smallest absolute Gasteiger partial charge is 0.412 e. The number of rotatable bonds is 8. The topological polar surface area (TPSA) is 147 Å². The highest BCUT2D eigenvalue weighted by atomic mass is 32.1. The number of hydrogen-bond donors (Lipinski definition) is 4.